The lowest BCUT2D eigenvalue weighted by Crippen LogP contribution is -2.41. The number of hydrogen-bond donors (Lipinski definition) is 4. The lowest BCUT2D eigenvalue weighted by molar-refractivity contribution is -0.192. The first-order chi connectivity index (χ1) is 17.6. The number of amidine groups is 1. The number of amides is 1. The number of nitrogen functional groups attached to an aromatic ring is 1. The maximum Gasteiger partial charge on any atom is 0.490 e. The van der Waals surface area contributed by atoms with E-state index < -0.39 is 28.2 Å². The topological polar surface area (TPSA) is 154 Å². The Kier molecular flexibility index (Phi) is 8.71. The van der Waals surface area contributed by atoms with Crippen molar-refractivity contribution in [2.45, 2.75) is 36.3 Å². The van der Waals surface area contributed by atoms with Crippen molar-refractivity contribution in [3.63, 3.8) is 0 Å². The van der Waals surface area contributed by atoms with Crippen molar-refractivity contribution in [3.8, 4) is 0 Å². The summed E-state index contributed by atoms with van der Waals surface area (Å²) in [5.41, 5.74) is 7.58. The van der Waals surface area contributed by atoms with Crippen molar-refractivity contribution >= 4 is 60.8 Å². The molecule has 1 atom stereocenters. The number of nitrogens with one attached hydrogen (secondary N) is 2. The quantitative estimate of drug-likeness (QED) is 0.252. The number of hydrogen-bond acceptors (Lipinski definition) is 6. The van der Waals surface area contributed by atoms with Gasteiger partial charge in [0.1, 0.15) is 16.1 Å². The van der Waals surface area contributed by atoms with Gasteiger partial charge >= 0.3 is 12.1 Å². The van der Waals surface area contributed by atoms with Crippen LogP contribution in [0.5, 0.6) is 0 Å². The number of sulfonamides is 1. The Balaban J connectivity index is 0.000000505. The third-order valence-electron chi connectivity index (χ3n) is 5.55. The van der Waals surface area contributed by atoms with Gasteiger partial charge in [0.25, 0.3) is 10.0 Å². The van der Waals surface area contributed by atoms with E-state index in [0.717, 1.165) is 15.6 Å². The number of aryl methyl sites for hydroxylation is 1. The molecule has 1 aliphatic rings. The van der Waals surface area contributed by atoms with E-state index in [2.05, 4.69) is 4.72 Å². The second-order valence-electron chi connectivity index (χ2n) is 8.29. The van der Waals surface area contributed by atoms with Crippen molar-refractivity contribution in [2.75, 3.05) is 6.54 Å². The highest BCUT2D eigenvalue weighted by Gasteiger charge is 2.38. The minimum atomic E-state index is -5.08. The smallest absolute Gasteiger partial charge is 0.475 e. The molecular weight excluding hydrogens is 569 g/mol. The number of nitrogens with zero attached hydrogens (tertiary/aromatic N) is 1. The average Bonchev–Trinajstić information content (AvgIpc) is 3.33. The molecule has 4 rings (SSSR count). The zero-order valence-electron chi connectivity index (χ0n) is 19.7. The molecule has 2 aromatic carbocycles. The molecule has 2 heterocycles. The van der Waals surface area contributed by atoms with Crippen LogP contribution in [0.4, 0.5) is 13.2 Å². The lowest BCUT2D eigenvalue weighted by Gasteiger charge is -2.17. The average molecular weight is 591 g/mol. The minimum Gasteiger partial charge on any atom is -0.475 e. The summed E-state index contributed by atoms with van der Waals surface area (Å²) >= 11 is 7.22. The molecule has 0 saturated carbocycles. The first kappa shape index (κ1) is 29.4. The van der Waals surface area contributed by atoms with Gasteiger partial charge in [-0.3, -0.25) is 10.2 Å². The van der Waals surface area contributed by atoms with Gasteiger partial charge in [0, 0.05) is 28.4 Å². The van der Waals surface area contributed by atoms with Gasteiger partial charge in [0.2, 0.25) is 5.91 Å². The van der Waals surface area contributed by atoms with E-state index in [1.165, 1.54) is 11.3 Å². The Hall–Kier alpha value is -3.20. The maximum atomic E-state index is 13.1. The van der Waals surface area contributed by atoms with Crippen LogP contribution in [0.1, 0.15) is 23.1 Å². The van der Waals surface area contributed by atoms with E-state index in [0.29, 0.717) is 35.7 Å². The van der Waals surface area contributed by atoms with Crippen molar-refractivity contribution in [3.05, 3.63) is 64.2 Å². The van der Waals surface area contributed by atoms with Gasteiger partial charge in [-0.05, 0) is 54.1 Å². The van der Waals surface area contributed by atoms with Crippen LogP contribution in [0, 0.1) is 12.3 Å². The van der Waals surface area contributed by atoms with E-state index in [9.17, 15) is 26.4 Å². The van der Waals surface area contributed by atoms with Gasteiger partial charge in [0.15, 0.2) is 0 Å². The standard InChI is InChI=1S/C21H21ClN4O3S2.C2HF3O2/c1-12-16-10-15(22)5-6-18(16)30-21(12)31(28,29)25-17-7-8-26(20(17)27)11-13-3-2-4-14(9-13)19(23)24;3-2(4,5)1(6)7/h2-6,9-10,17,25H,7-8,11H2,1H3,(H3,23,24);(H,6,7)/t17-;/m0./s1. The van der Waals surface area contributed by atoms with Crippen molar-refractivity contribution < 1.29 is 36.3 Å². The zero-order chi connectivity index (χ0) is 28.4. The normalized spacial score (nSPS) is 15.9. The molecule has 1 fully saturated rings. The summed E-state index contributed by atoms with van der Waals surface area (Å²) in [6.07, 6.45) is -4.69. The summed E-state index contributed by atoms with van der Waals surface area (Å²) in [7, 11) is -3.86. The maximum absolute atomic E-state index is 13.1. The van der Waals surface area contributed by atoms with Gasteiger partial charge < -0.3 is 15.7 Å². The first-order valence-corrected chi connectivity index (χ1v) is 13.5. The monoisotopic (exact) mass is 590 g/mol. The van der Waals surface area contributed by atoms with Crippen LogP contribution < -0.4 is 10.5 Å². The number of carbonyl (C=O) groups is 2. The number of rotatable bonds is 6. The number of fused-ring (bicyclic) bond motifs is 1. The van der Waals surface area contributed by atoms with Crippen molar-refractivity contribution in [2.24, 2.45) is 5.73 Å². The van der Waals surface area contributed by atoms with Crippen LogP contribution in [-0.4, -0.2) is 54.9 Å². The van der Waals surface area contributed by atoms with Crippen LogP contribution in [0.3, 0.4) is 0 Å². The Morgan fingerprint density at radius 1 is 1.29 bits per heavy atom. The molecule has 1 aliphatic heterocycles. The second kappa shape index (κ2) is 11.3. The molecule has 9 nitrogen and oxygen atoms in total. The number of nitrogens with two attached hydrogens (primary N) is 1. The molecule has 15 heteroatoms. The summed E-state index contributed by atoms with van der Waals surface area (Å²) in [6, 6.07) is 11.6. The lowest BCUT2D eigenvalue weighted by atomic mass is 10.1. The van der Waals surface area contributed by atoms with E-state index >= 15 is 0 Å². The van der Waals surface area contributed by atoms with Crippen molar-refractivity contribution in [1.29, 1.82) is 5.41 Å². The molecule has 5 N–H and O–H groups in total. The number of benzene rings is 2. The third-order valence-corrected chi connectivity index (χ3v) is 9.15. The molecule has 1 aromatic heterocycles. The minimum absolute atomic E-state index is 0.0415. The molecule has 1 amide bonds. The van der Waals surface area contributed by atoms with Crippen LogP contribution >= 0.6 is 22.9 Å². The summed E-state index contributed by atoms with van der Waals surface area (Å²) in [5.74, 6) is -3.06. The predicted molar refractivity (Wildman–Crippen MR) is 137 cm³/mol. The first-order valence-electron chi connectivity index (χ1n) is 10.8. The van der Waals surface area contributed by atoms with Crippen LogP contribution in [0.2, 0.25) is 5.02 Å². The highest BCUT2D eigenvalue weighted by atomic mass is 35.5. The van der Waals surface area contributed by atoms with Gasteiger partial charge in [-0.1, -0.05) is 29.8 Å². The number of aliphatic carboxylic acids is 1. The van der Waals surface area contributed by atoms with Gasteiger partial charge in [-0.2, -0.15) is 17.9 Å². The van der Waals surface area contributed by atoms with E-state index in [4.69, 9.17) is 32.6 Å². The molecule has 1 saturated heterocycles. The highest BCUT2D eigenvalue weighted by Crippen LogP contribution is 2.35. The number of halogens is 4. The second-order valence-corrected chi connectivity index (χ2v) is 11.7. The van der Waals surface area contributed by atoms with Gasteiger partial charge in [-0.15, -0.1) is 11.3 Å². The number of carboxylic acid groups (broad SMARTS) is 1. The molecule has 0 bridgehead atoms. The molecule has 204 valence electrons. The summed E-state index contributed by atoms with van der Waals surface area (Å²) < 4.78 is 61.5. The van der Waals surface area contributed by atoms with Gasteiger partial charge in [-0.25, -0.2) is 13.2 Å². The largest absolute Gasteiger partial charge is 0.490 e. The predicted octanol–water partition coefficient (Wildman–Crippen LogP) is 3.86. The van der Waals surface area contributed by atoms with E-state index in [-0.39, 0.29) is 16.0 Å². The summed E-state index contributed by atoms with van der Waals surface area (Å²) in [6.45, 7) is 2.52. The van der Waals surface area contributed by atoms with Crippen LogP contribution in [0.25, 0.3) is 10.1 Å². The molecular formula is C23H22ClF3N4O5S2. The highest BCUT2D eigenvalue weighted by molar-refractivity contribution is 7.91. The Labute approximate surface area is 224 Å². The fraction of sp³-hybridized carbons (Fsp3) is 0.261. The fourth-order valence-corrected chi connectivity index (χ4v) is 6.89. The number of carbonyl (C=O) groups excluding carboxylic acids is 1. The molecule has 38 heavy (non-hydrogen) atoms. The Morgan fingerprint density at radius 3 is 2.55 bits per heavy atom. The van der Waals surface area contributed by atoms with Gasteiger partial charge in [0.05, 0.1) is 0 Å². The number of thiophene rings is 1. The Morgan fingerprint density at radius 2 is 1.95 bits per heavy atom. The summed E-state index contributed by atoms with van der Waals surface area (Å²) in [5, 5.41) is 16.0. The third kappa shape index (κ3) is 6.81. The number of carboxylic acids is 1. The molecule has 0 spiro atoms. The molecule has 0 unspecified atom stereocenters. The van der Waals surface area contributed by atoms with E-state index in [1.54, 1.807) is 48.2 Å². The fourth-order valence-electron chi connectivity index (χ4n) is 3.73. The number of likely N-dealkylation sites (tertiary alicyclic amines) is 1. The SMILES string of the molecule is Cc1c(S(=O)(=O)N[C@H]2CCN(Cc3cccc(C(=N)N)c3)C2=O)sc2ccc(Cl)cc12.O=C(O)C(F)(F)F. The molecule has 0 aliphatic carbocycles. The molecule has 3 aromatic rings. The number of alkyl halides is 3. The van der Waals surface area contributed by atoms with E-state index in [1.807, 2.05) is 6.07 Å². The Bertz CT molecular complexity index is 1510. The molecule has 0 radical (unpaired) electrons. The van der Waals surface area contributed by atoms with Crippen LogP contribution in [0.15, 0.2) is 46.7 Å². The van der Waals surface area contributed by atoms with Crippen molar-refractivity contribution in [1.82, 2.24) is 9.62 Å². The van der Waals surface area contributed by atoms with Crippen LogP contribution in [-0.2, 0) is 26.2 Å². The zero-order valence-corrected chi connectivity index (χ0v) is 22.1. The summed E-state index contributed by atoms with van der Waals surface area (Å²) in [4.78, 5) is 23.4.